The van der Waals surface area contributed by atoms with Crippen LogP contribution in [0.25, 0.3) is 0 Å². The Kier molecular flexibility index (Phi) is 5.35. The lowest BCUT2D eigenvalue weighted by Crippen LogP contribution is -2.32. The predicted molar refractivity (Wildman–Crippen MR) is 75.7 cm³/mol. The molecule has 0 aliphatic heterocycles. The molecule has 0 aliphatic carbocycles. The van der Waals surface area contributed by atoms with Crippen LogP contribution < -0.4 is 5.73 Å². The van der Waals surface area contributed by atoms with Gasteiger partial charge in [-0.15, -0.1) is 0 Å². The van der Waals surface area contributed by atoms with Crippen molar-refractivity contribution in [1.29, 1.82) is 0 Å². The first kappa shape index (κ1) is 14.7. The van der Waals surface area contributed by atoms with E-state index in [2.05, 4.69) is 39.0 Å². The molecule has 1 aromatic rings. The molecule has 0 heterocycles. The first-order valence-corrected chi connectivity index (χ1v) is 6.46. The normalized spacial score (nSPS) is 11.2. The molecule has 0 bridgehead atoms. The zero-order valence-electron chi connectivity index (χ0n) is 11.9. The van der Waals surface area contributed by atoms with E-state index in [1.807, 2.05) is 11.9 Å². The Labute approximate surface area is 110 Å². The minimum Gasteiger partial charge on any atom is -0.369 e. The van der Waals surface area contributed by atoms with Crippen molar-refractivity contribution in [2.75, 3.05) is 20.1 Å². The minimum atomic E-state index is -0.273. The SMILES string of the molecule is Cc1ccc(C(C)C)cc1CCN(C)CC(N)=O. The molecule has 2 N–H and O–H groups in total. The second kappa shape index (κ2) is 6.55. The van der Waals surface area contributed by atoms with Crippen molar-refractivity contribution in [3.63, 3.8) is 0 Å². The van der Waals surface area contributed by atoms with E-state index in [1.54, 1.807) is 0 Å². The van der Waals surface area contributed by atoms with Gasteiger partial charge in [-0.25, -0.2) is 0 Å². The van der Waals surface area contributed by atoms with Gasteiger partial charge in [-0.2, -0.15) is 0 Å². The predicted octanol–water partition coefficient (Wildman–Crippen LogP) is 2.08. The second-order valence-electron chi connectivity index (χ2n) is 5.29. The fraction of sp³-hybridized carbons (Fsp3) is 0.533. The molecule has 3 heteroatoms. The van der Waals surface area contributed by atoms with E-state index in [9.17, 15) is 4.79 Å². The molecule has 0 spiro atoms. The molecule has 100 valence electrons. The van der Waals surface area contributed by atoms with Crippen LogP contribution in [0.5, 0.6) is 0 Å². The molecule has 0 saturated heterocycles. The third-order valence-corrected chi connectivity index (χ3v) is 3.23. The number of likely N-dealkylation sites (N-methyl/N-ethyl adjacent to an activating group) is 1. The molecular weight excluding hydrogens is 224 g/mol. The molecule has 0 radical (unpaired) electrons. The number of rotatable bonds is 6. The lowest BCUT2D eigenvalue weighted by atomic mass is 9.96. The molecule has 0 aliphatic rings. The summed E-state index contributed by atoms with van der Waals surface area (Å²) in [7, 11) is 1.92. The molecule has 18 heavy (non-hydrogen) atoms. The molecule has 0 atom stereocenters. The van der Waals surface area contributed by atoms with Crippen LogP contribution in [0, 0.1) is 6.92 Å². The number of carbonyl (C=O) groups excluding carboxylic acids is 1. The molecule has 1 rings (SSSR count). The zero-order valence-corrected chi connectivity index (χ0v) is 11.9. The summed E-state index contributed by atoms with van der Waals surface area (Å²) < 4.78 is 0. The highest BCUT2D eigenvalue weighted by molar-refractivity contribution is 5.75. The van der Waals surface area contributed by atoms with Crippen molar-refractivity contribution >= 4 is 5.91 Å². The van der Waals surface area contributed by atoms with Crippen LogP contribution in [0.2, 0.25) is 0 Å². The van der Waals surface area contributed by atoms with Gasteiger partial charge >= 0.3 is 0 Å². The van der Waals surface area contributed by atoms with Crippen LogP contribution in [-0.2, 0) is 11.2 Å². The van der Waals surface area contributed by atoms with Gasteiger partial charge in [-0.05, 0) is 43.0 Å². The van der Waals surface area contributed by atoms with E-state index < -0.39 is 0 Å². The maximum atomic E-state index is 10.8. The zero-order chi connectivity index (χ0) is 13.7. The standard InChI is InChI=1S/C15H24N2O/c1-11(2)13-6-5-12(3)14(9-13)7-8-17(4)10-15(16)18/h5-6,9,11H,7-8,10H2,1-4H3,(H2,16,18). The molecule has 0 unspecified atom stereocenters. The summed E-state index contributed by atoms with van der Waals surface area (Å²) in [5.41, 5.74) is 9.21. The van der Waals surface area contributed by atoms with E-state index in [1.165, 1.54) is 16.7 Å². The maximum absolute atomic E-state index is 10.8. The highest BCUT2D eigenvalue weighted by Crippen LogP contribution is 2.19. The smallest absolute Gasteiger partial charge is 0.231 e. The van der Waals surface area contributed by atoms with Gasteiger partial charge in [-0.1, -0.05) is 32.0 Å². The summed E-state index contributed by atoms with van der Waals surface area (Å²) in [5, 5.41) is 0. The van der Waals surface area contributed by atoms with Gasteiger partial charge in [0.25, 0.3) is 0 Å². The number of primary amides is 1. The Morgan fingerprint density at radius 3 is 2.61 bits per heavy atom. The summed E-state index contributed by atoms with van der Waals surface area (Å²) in [4.78, 5) is 12.8. The molecule has 1 aromatic carbocycles. The minimum absolute atomic E-state index is 0.273. The van der Waals surface area contributed by atoms with Crippen LogP contribution in [0.15, 0.2) is 18.2 Å². The summed E-state index contributed by atoms with van der Waals surface area (Å²) in [6.45, 7) is 7.71. The molecular formula is C15H24N2O. The van der Waals surface area contributed by atoms with Gasteiger partial charge in [0.05, 0.1) is 6.54 Å². The van der Waals surface area contributed by atoms with Gasteiger partial charge < -0.3 is 5.73 Å². The fourth-order valence-electron chi connectivity index (χ4n) is 1.98. The lowest BCUT2D eigenvalue weighted by Gasteiger charge is -2.16. The average Bonchev–Trinajstić information content (AvgIpc) is 2.26. The first-order valence-electron chi connectivity index (χ1n) is 6.46. The number of carbonyl (C=O) groups is 1. The number of nitrogens with two attached hydrogens (primary N) is 1. The number of nitrogens with zero attached hydrogens (tertiary/aromatic N) is 1. The van der Waals surface area contributed by atoms with Gasteiger partial charge in [0.15, 0.2) is 0 Å². The van der Waals surface area contributed by atoms with Crippen LogP contribution in [0.1, 0.15) is 36.5 Å². The summed E-state index contributed by atoms with van der Waals surface area (Å²) in [5.74, 6) is 0.276. The summed E-state index contributed by atoms with van der Waals surface area (Å²) in [6, 6.07) is 6.65. The molecule has 0 saturated carbocycles. The number of benzene rings is 1. The van der Waals surface area contributed by atoms with Gasteiger partial charge in [0.2, 0.25) is 5.91 Å². The van der Waals surface area contributed by atoms with Crippen molar-refractivity contribution in [2.24, 2.45) is 5.73 Å². The van der Waals surface area contributed by atoms with E-state index in [4.69, 9.17) is 5.73 Å². The third kappa shape index (κ3) is 4.49. The van der Waals surface area contributed by atoms with Crippen LogP contribution >= 0.6 is 0 Å². The van der Waals surface area contributed by atoms with Gasteiger partial charge in [0, 0.05) is 6.54 Å². The first-order chi connectivity index (χ1) is 8.40. The van der Waals surface area contributed by atoms with E-state index in [-0.39, 0.29) is 5.91 Å². The quantitative estimate of drug-likeness (QED) is 0.838. The van der Waals surface area contributed by atoms with E-state index >= 15 is 0 Å². The van der Waals surface area contributed by atoms with E-state index in [0.717, 1.165) is 13.0 Å². The van der Waals surface area contributed by atoms with Crippen LogP contribution in [0.3, 0.4) is 0 Å². The van der Waals surface area contributed by atoms with Crippen molar-refractivity contribution in [3.05, 3.63) is 34.9 Å². The van der Waals surface area contributed by atoms with Gasteiger partial charge in [-0.3, -0.25) is 9.69 Å². The lowest BCUT2D eigenvalue weighted by molar-refractivity contribution is -0.118. The number of amides is 1. The Morgan fingerprint density at radius 1 is 1.39 bits per heavy atom. The number of hydrogen-bond donors (Lipinski definition) is 1. The average molecular weight is 248 g/mol. The third-order valence-electron chi connectivity index (χ3n) is 3.23. The largest absolute Gasteiger partial charge is 0.369 e. The van der Waals surface area contributed by atoms with Crippen molar-refractivity contribution in [2.45, 2.75) is 33.1 Å². The highest BCUT2D eigenvalue weighted by atomic mass is 16.1. The summed E-state index contributed by atoms with van der Waals surface area (Å²) >= 11 is 0. The second-order valence-corrected chi connectivity index (χ2v) is 5.29. The molecule has 0 fully saturated rings. The maximum Gasteiger partial charge on any atom is 0.231 e. The summed E-state index contributed by atoms with van der Waals surface area (Å²) in [6.07, 6.45) is 0.955. The number of aryl methyl sites for hydroxylation is 1. The number of hydrogen-bond acceptors (Lipinski definition) is 2. The van der Waals surface area contributed by atoms with Crippen LogP contribution in [-0.4, -0.2) is 30.9 Å². The monoisotopic (exact) mass is 248 g/mol. The van der Waals surface area contributed by atoms with Crippen LogP contribution in [0.4, 0.5) is 0 Å². The Hall–Kier alpha value is -1.35. The Morgan fingerprint density at radius 2 is 2.06 bits per heavy atom. The Balaban J connectivity index is 2.66. The van der Waals surface area contributed by atoms with Crippen molar-refractivity contribution < 1.29 is 4.79 Å². The highest BCUT2D eigenvalue weighted by Gasteiger charge is 2.06. The molecule has 1 amide bonds. The molecule has 0 aromatic heterocycles. The fourth-order valence-corrected chi connectivity index (χ4v) is 1.98. The van der Waals surface area contributed by atoms with Crippen molar-refractivity contribution in [3.8, 4) is 0 Å². The van der Waals surface area contributed by atoms with Crippen molar-refractivity contribution in [1.82, 2.24) is 4.90 Å². The van der Waals surface area contributed by atoms with E-state index in [0.29, 0.717) is 12.5 Å². The molecule has 3 nitrogen and oxygen atoms in total. The Bertz CT molecular complexity index is 413. The topological polar surface area (TPSA) is 46.3 Å². The van der Waals surface area contributed by atoms with Gasteiger partial charge in [0.1, 0.15) is 0 Å².